The van der Waals surface area contributed by atoms with Crippen LogP contribution in [0, 0.1) is 5.41 Å². The van der Waals surface area contributed by atoms with Crippen LogP contribution >= 0.6 is 0 Å². The summed E-state index contributed by atoms with van der Waals surface area (Å²) in [6.45, 7) is 3.21. The largest absolute Gasteiger partial charge is 0.461 e. The van der Waals surface area contributed by atoms with E-state index in [2.05, 4.69) is 25.2 Å². The molecule has 1 aliphatic carbocycles. The van der Waals surface area contributed by atoms with Crippen molar-refractivity contribution in [2.45, 2.75) is 45.1 Å². The number of nitrogens with one attached hydrogen (secondary N) is 3. The molecule has 2 fully saturated rings. The smallest absolute Gasteiger partial charge is 0.259 e. The zero-order valence-corrected chi connectivity index (χ0v) is 23.0. The molecule has 39 heavy (non-hydrogen) atoms. The number of hydrogen-bond acceptors (Lipinski definition) is 9. The van der Waals surface area contributed by atoms with Gasteiger partial charge in [-0.3, -0.25) is 9.52 Å². The van der Waals surface area contributed by atoms with Gasteiger partial charge in [0.05, 0.1) is 41.4 Å². The molecular formula is C26H36FN5O6S. The molecule has 4 rings (SSSR count). The molecule has 2 heterocycles. The lowest BCUT2D eigenvalue weighted by atomic mass is 9.93. The van der Waals surface area contributed by atoms with Crippen molar-refractivity contribution >= 4 is 38.8 Å². The Bertz CT molecular complexity index is 1290. The van der Waals surface area contributed by atoms with Crippen molar-refractivity contribution < 1.29 is 32.6 Å². The number of benzene rings is 1. The number of halogens is 1. The number of aliphatic hydroxyl groups is 2. The molecule has 1 spiro atoms. The van der Waals surface area contributed by atoms with Crippen LogP contribution in [0.15, 0.2) is 30.5 Å². The van der Waals surface area contributed by atoms with Crippen molar-refractivity contribution in [3.8, 4) is 5.75 Å². The van der Waals surface area contributed by atoms with Gasteiger partial charge in [-0.2, -0.15) is 0 Å². The minimum absolute atomic E-state index is 0.0622. The Morgan fingerprint density at radius 3 is 2.51 bits per heavy atom. The van der Waals surface area contributed by atoms with E-state index in [9.17, 15) is 22.7 Å². The molecular weight excluding hydrogens is 529 g/mol. The van der Waals surface area contributed by atoms with E-state index in [0.29, 0.717) is 22.5 Å². The lowest BCUT2D eigenvalue weighted by Crippen LogP contribution is -2.36. The Morgan fingerprint density at radius 2 is 1.90 bits per heavy atom. The van der Waals surface area contributed by atoms with Gasteiger partial charge in [0.25, 0.3) is 5.91 Å². The van der Waals surface area contributed by atoms with E-state index in [0.717, 1.165) is 25.9 Å². The maximum Gasteiger partial charge on any atom is 0.259 e. The van der Waals surface area contributed by atoms with Crippen molar-refractivity contribution in [2.75, 3.05) is 59.2 Å². The van der Waals surface area contributed by atoms with Gasteiger partial charge in [0.2, 0.25) is 16.9 Å². The highest BCUT2D eigenvalue weighted by Gasteiger charge is 2.44. The standard InChI is InChI=1S/C26H36FN5O6S/c1-25(2,16-34)30-20-13-18(3-4-22(20)38-17-27)29-24(35)19-15-28-23(31-39(36,37)12-11-33)14-21(19)32-9-7-26(5-6-26)8-10-32/h3-4,13-15,30,33-34H,5-12,16-17H2,1-2H3,(H,28,31)(H,29,35). The number of carbonyl (C=O) groups excluding carboxylic acids is 1. The topological polar surface area (TPSA) is 153 Å². The third-order valence-corrected chi connectivity index (χ3v) is 8.42. The zero-order valence-electron chi connectivity index (χ0n) is 22.2. The number of sulfonamides is 1. The average molecular weight is 566 g/mol. The quantitative estimate of drug-likeness (QED) is 0.261. The molecule has 0 atom stereocenters. The number of anilines is 4. The third kappa shape index (κ3) is 7.28. The maximum atomic E-state index is 13.5. The van der Waals surface area contributed by atoms with E-state index in [-0.39, 0.29) is 23.7 Å². The van der Waals surface area contributed by atoms with Crippen molar-refractivity contribution in [1.29, 1.82) is 0 Å². The summed E-state index contributed by atoms with van der Waals surface area (Å²) < 4.78 is 44.8. The van der Waals surface area contributed by atoms with Gasteiger partial charge < -0.3 is 30.5 Å². The van der Waals surface area contributed by atoms with Crippen LogP contribution in [0.5, 0.6) is 5.75 Å². The lowest BCUT2D eigenvalue weighted by molar-refractivity contribution is 0.102. The second kappa shape index (κ2) is 11.5. The van der Waals surface area contributed by atoms with Crippen molar-refractivity contribution in [3.05, 3.63) is 36.0 Å². The number of aliphatic hydroxyl groups excluding tert-OH is 2. The molecule has 0 bridgehead atoms. The van der Waals surface area contributed by atoms with Gasteiger partial charge in [0.1, 0.15) is 11.6 Å². The number of alkyl halides is 1. The number of rotatable bonds is 12. The van der Waals surface area contributed by atoms with Gasteiger partial charge in [-0.1, -0.05) is 0 Å². The molecule has 1 saturated heterocycles. The van der Waals surface area contributed by atoms with Crippen LogP contribution in [-0.2, 0) is 10.0 Å². The highest BCUT2D eigenvalue weighted by atomic mass is 32.2. The summed E-state index contributed by atoms with van der Waals surface area (Å²) in [5, 5.41) is 24.6. The number of carbonyl (C=O) groups is 1. The highest BCUT2D eigenvalue weighted by Crippen LogP contribution is 2.54. The van der Waals surface area contributed by atoms with Crippen molar-refractivity contribution in [2.24, 2.45) is 5.41 Å². The number of nitrogens with zero attached hydrogens (tertiary/aromatic N) is 2. The van der Waals surface area contributed by atoms with Gasteiger partial charge in [-0.15, -0.1) is 0 Å². The molecule has 1 saturated carbocycles. The Balaban J connectivity index is 1.61. The minimum atomic E-state index is -3.80. The Morgan fingerprint density at radius 1 is 1.18 bits per heavy atom. The second-order valence-electron chi connectivity index (χ2n) is 10.8. The van der Waals surface area contributed by atoms with Gasteiger partial charge in [-0.25, -0.2) is 17.8 Å². The van der Waals surface area contributed by atoms with E-state index in [1.165, 1.54) is 25.1 Å². The normalized spacial score (nSPS) is 16.6. The van der Waals surface area contributed by atoms with Crippen LogP contribution in [0.4, 0.5) is 27.3 Å². The number of piperidine rings is 1. The van der Waals surface area contributed by atoms with Crippen molar-refractivity contribution in [1.82, 2.24) is 4.98 Å². The molecule has 5 N–H and O–H groups in total. The van der Waals surface area contributed by atoms with E-state index in [4.69, 9.17) is 9.84 Å². The van der Waals surface area contributed by atoms with E-state index in [1.54, 1.807) is 32.0 Å². The number of amides is 1. The van der Waals surface area contributed by atoms with Crippen LogP contribution in [0.1, 0.15) is 49.9 Å². The predicted molar refractivity (Wildman–Crippen MR) is 148 cm³/mol. The molecule has 0 radical (unpaired) electrons. The van der Waals surface area contributed by atoms with Crippen LogP contribution in [-0.4, -0.2) is 74.0 Å². The number of aromatic nitrogens is 1. The molecule has 13 heteroatoms. The molecule has 2 aliphatic rings. The first-order chi connectivity index (χ1) is 18.5. The summed E-state index contributed by atoms with van der Waals surface area (Å²) >= 11 is 0. The fourth-order valence-corrected chi connectivity index (χ4v) is 5.43. The summed E-state index contributed by atoms with van der Waals surface area (Å²) in [7, 11) is -3.80. The summed E-state index contributed by atoms with van der Waals surface area (Å²) in [5.74, 6) is -0.641. The zero-order chi connectivity index (χ0) is 28.3. The fourth-order valence-electron chi connectivity index (χ4n) is 4.66. The number of pyridine rings is 1. The van der Waals surface area contributed by atoms with E-state index < -0.39 is 40.7 Å². The monoisotopic (exact) mass is 565 g/mol. The first-order valence-corrected chi connectivity index (χ1v) is 14.5. The van der Waals surface area contributed by atoms with Crippen molar-refractivity contribution in [3.63, 3.8) is 0 Å². The minimum Gasteiger partial charge on any atom is -0.461 e. The van der Waals surface area contributed by atoms with Crippen LogP contribution in [0.2, 0.25) is 0 Å². The van der Waals surface area contributed by atoms with E-state index in [1.807, 2.05) is 0 Å². The summed E-state index contributed by atoms with van der Waals surface area (Å²) in [6.07, 6.45) is 5.74. The van der Waals surface area contributed by atoms with Gasteiger partial charge >= 0.3 is 0 Å². The Kier molecular flexibility index (Phi) is 8.52. The molecule has 1 aromatic heterocycles. The van der Waals surface area contributed by atoms with Crippen LogP contribution in [0.25, 0.3) is 0 Å². The maximum absolute atomic E-state index is 13.5. The molecule has 11 nitrogen and oxygen atoms in total. The first-order valence-electron chi connectivity index (χ1n) is 12.9. The van der Waals surface area contributed by atoms with Crippen LogP contribution in [0.3, 0.4) is 0 Å². The first kappa shape index (κ1) is 28.8. The molecule has 1 aliphatic heterocycles. The molecule has 1 amide bonds. The summed E-state index contributed by atoms with van der Waals surface area (Å²) in [5.41, 5.74) is 1.27. The molecule has 0 unspecified atom stereocenters. The molecule has 2 aromatic rings. The molecule has 214 valence electrons. The summed E-state index contributed by atoms with van der Waals surface area (Å²) in [6, 6.07) is 6.22. The highest BCUT2D eigenvalue weighted by molar-refractivity contribution is 7.92. The lowest BCUT2D eigenvalue weighted by Gasteiger charge is -2.35. The third-order valence-electron chi connectivity index (χ3n) is 7.18. The fraction of sp³-hybridized carbons (Fsp3) is 0.538. The van der Waals surface area contributed by atoms with Crippen LogP contribution < -0.4 is 25.0 Å². The number of ether oxygens (including phenoxy) is 1. The Labute approximate surface area is 227 Å². The predicted octanol–water partition coefficient (Wildman–Crippen LogP) is 2.94. The Hall–Kier alpha value is -3.16. The van der Waals surface area contributed by atoms with Gasteiger partial charge in [0.15, 0.2) is 0 Å². The van der Waals surface area contributed by atoms with Gasteiger partial charge in [0, 0.05) is 31.0 Å². The summed E-state index contributed by atoms with van der Waals surface area (Å²) in [4.78, 5) is 19.7. The number of hydrogen-bond donors (Lipinski definition) is 5. The average Bonchev–Trinajstić information content (AvgIpc) is 3.64. The van der Waals surface area contributed by atoms with E-state index >= 15 is 0 Å². The van der Waals surface area contributed by atoms with Gasteiger partial charge in [-0.05, 0) is 63.1 Å². The second-order valence-corrected chi connectivity index (χ2v) is 12.6. The molecule has 1 aromatic carbocycles. The SMILES string of the molecule is CC(C)(CO)Nc1cc(NC(=O)c2cnc(NS(=O)(=O)CCO)cc2N2CCC3(CC2)CC3)ccc1OCF.